The predicted octanol–water partition coefficient (Wildman–Crippen LogP) is 3.97. The van der Waals surface area contributed by atoms with Crippen molar-refractivity contribution in [1.82, 2.24) is 15.0 Å². The van der Waals surface area contributed by atoms with Gasteiger partial charge in [-0.25, -0.2) is 4.98 Å². The van der Waals surface area contributed by atoms with Crippen molar-refractivity contribution < 1.29 is 8.94 Å². The highest BCUT2D eigenvalue weighted by Crippen LogP contribution is 2.36. The molecule has 6 heteroatoms. The number of hydrogen-bond acceptors (Lipinski definition) is 6. The SMILES string of the molecule is Cc1noc(C)c1-c1cc2cc(C(C)C)oc2c(N2CCN(C)CC2)n1. The Morgan fingerprint density at radius 3 is 2.42 bits per heavy atom. The summed E-state index contributed by atoms with van der Waals surface area (Å²) in [5.41, 5.74) is 3.63. The maximum Gasteiger partial charge on any atom is 0.176 e. The molecule has 0 aliphatic carbocycles. The number of furan rings is 1. The highest BCUT2D eigenvalue weighted by molar-refractivity contribution is 5.91. The van der Waals surface area contributed by atoms with Crippen molar-refractivity contribution in [2.24, 2.45) is 0 Å². The molecule has 1 saturated heterocycles. The smallest absolute Gasteiger partial charge is 0.176 e. The quantitative estimate of drug-likeness (QED) is 0.709. The first-order chi connectivity index (χ1) is 12.4. The predicted molar refractivity (Wildman–Crippen MR) is 103 cm³/mol. The molecule has 1 aliphatic heterocycles. The molecule has 0 atom stereocenters. The van der Waals surface area contributed by atoms with E-state index in [9.17, 15) is 0 Å². The van der Waals surface area contributed by atoms with Crippen LogP contribution in [0.3, 0.4) is 0 Å². The topological polar surface area (TPSA) is 58.5 Å². The van der Waals surface area contributed by atoms with E-state index in [0.717, 1.165) is 71.4 Å². The maximum absolute atomic E-state index is 6.22. The van der Waals surface area contributed by atoms with Gasteiger partial charge in [-0.1, -0.05) is 19.0 Å². The number of aryl methyl sites for hydroxylation is 2. The van der Waals surface area contributed by atoms with Gasteiger partial charge in [-0.3, -0.25) is 0 Å². The van der Waals surface area contributed by atoms with Gasteiger partial charge in [-0.2, -0.15) is 0 Å². The Labute approximate surface area is 153 Å². The Bertz CT molecular complexity index is 913. The van der Waals surface area contributed by atoms with Crippen molar-refractivity contribution in [3.8, 4) is 11.3 Å². The first-order valence-electron chi connectivity index (χ1n) is 9.25. The molecule has 0 N–H and O–H groups in total. The Morgan fingerprint density at radius 2 is 1.81 bits per heavy atom. The third-order valence-electron chi connectivity index (χ3n) is 5.16. The van der Waals surface area contributed by atoms with Crippen molar-refractivity contribution in [2.75, 3.05) is 38.1 Å². The molecule has 138 valence electrons. The summed E-state index contributed by atoms with van der Waals surface area (Å²) in [7, 11) is 2.16. The van der Waals surface area contributed by atoms with E-state index in [-0.39, 0.29) is 0 Å². The molecule has 3 aromatic rings. The van der Waals surface area contributed by atoms with Gasteiger partial charge >= 0.3 is 0 Å². The fourth-order valence-corrected chi connectivity index (χ4v) is 3.55. The number of likely N-dealkylation sites (N-methyl/N-ethyl adjacent to an activating group) is 1. The van der Waals surface area contributed by atoms with Crippen molar-refractivity contribution in [1.29, 1.82) is 0 Å². The number of rotatable bonds is 3. The van der Waals surface area contributed by atoms with E-state index >= 15 is 0 Å². The minimum absolute atomic E-state index is 0.338. The van der Waals surface area contributed by atoms with Crippen LogP contribution in [0, 0.1) is 13.8 Å². The van der Waals surface area contributed by atoms with E-state index in [4.69, 9.17) is 13.9 Å². The number of anilines is 1. The zero-order chi connectivity index (χ0) is 18.4. The van der Waals surface area contributed by atoms with E-state index in [1.54, 1.807) is 0 Å². The molecular formula is C20H26N4O2. The van der Waals surface area contributed by atoms with Crippen LogP contribution >= 0.6 is 0 Å². The Balaban J connectivity index is 1.89. The van der Waals surface area contributed by atoms with E-state index in [2.05, 4.69) is 48.0 Å². The van der Waals surface area contributed by atoms with E-state index < -0.39 is 0 Å². The van der Waals surface area contributed by atoms with Crippen LogP contribution in [0.4, 0.5) is 5.82 Å². The molecule has 26 heavy (non-hydrogen) atoms. The molecular weight excluding hydrogens is 328 g/mol. The van der Waals surface area contributed by atoms with Crippen LogP contribution in [0.25, 0.3) is 22.2 Å². The number of pyridine rings is 1. The summed E-state index contributed by atoms with van der Waals surface area (Å²) in [6.45, 7) is 12.1. The molecule has 0 amide bonds. The lowest BCUT2D eigenvalue weighted by atomic mass is 10.1. The number of nitrogens with zero attached hydrogens (tertiary/aromatic N) is 4. The van der Waals surface area contributed by atoms with E-state index in [1.807, 2.05) is 13.8 Å². The molecule has 0 aromatic carbocycles. The van der Waals surface area contributed by atoms with Gasteiger partial charge in [0.15, 0.2) is 11.4 Å². The summed E-state index contributed by atoms with van der Waals surface area (Å²) in [6, 6.07) is 4.24. The van der Waals surface area contributed by atoms with Gasteiger partial charge in [0, 0.05) is 37.5 Å². The lowest BCUT2D eigenvalue weighted by molar-refractivity contribution is 0.312. The summed E-state index contributed by atoms with van der Waals surface area (Å²) in [5, 5.41) is 5.19. The zero-order valence-electron chi connectivity index (χ0n) is 16.2. The second-order valence-electron chi connectivity index (χ2n) is 7.54. The van der Waals surface area contributed by atoms with E-state index in [0.29, 0.717) is 5.92 Å². The molecule has 0 bridgehead atoms. The molecule has 0 unspecified atom stereocenters. The zero-order valence-corrected chi connectivity index (χ0v) is 16.2. The Morgan fingerprint density at radius 1 is 1.08 bits per heavy atom. The maximum atomic E-state index is 6.22. The molecule has 0 saturated carbocycles. The molecule has 4 heterocycles. The molecule has 0 radical (unpaired) electrons. The first-order valence-corrected chi connectivity index (χ1v) is 9.25. The monoisotopic (exact) mass is 354 g/mol. The van der Waals surface area contributed by atoms with Gasteiger partial charge in [0.25, 0.3) is 0 Å². The largest absolute Gasteiger partial charge is 0.457 e. The highest BCUT2D eigenvalue weighted by Gasteiger charge is 2.23. The van der Waals surface area contributed by atoms with Crippen LogP contribution in [0.1, 0.15) is 37.0 Å². The van der Waals surface area contributed by atoms with Gasteiger partial charge in [-0.05, 0) is 33.0 Å². The standard InChI is InChI=1S/C20H26N4O2/c1-12(2)17-11-15-10-16(18-13(3)22-26-14(18)4)21-20(19(15)25-17)24-8-6-23(5)7-9-24/h10-12H,6-9H2,1-5H3. The van der Waals surface area contributed by atoms with Crippen molar-refractivity contribution in [3.05, 3.63) is 29.3 Å². The van der Waals surface area contributed by atoms with Gasteiger partial charge in [-0.15, -0.1) is 0 Å². The molecule has 6 nitrogen and oxygen atoms in total. The third kappa shape index (κ3) is 2.88. The first kappa shape index (κ1) is 17.1. The van der Waals surface area contributed by atoms with Crippen LogP contribution in [0.15, 0.2) is 21.1 Å². The molecule has 3 aromatic heterocycles. The summed E-state index contributed by atoms with van der Waals surface area (Å²) < 4.78 is 11.6. The molecule has 0 spiro atoms. The molecule has 1 aliphatic rings. The normalized spacial score (nSPS) is 16.2. The van der Waals surface area contributed by atoms with Gasteiger partial charge in [0.2, 0.25) is 0 Å². The van der Waals surface area contributed by atoms with Crippen molar-refractivity contribution >= 4 is 16.8 Å². The van der Waals surface area contributed by atoms with Crippen LogP contribution in [0.2, 0.25) is 0 Å². The van der Waals surface area contributed by atoms with Crippen molar-refractivity contribution in [3.63, 3.8) is 0 Å². The van der Waals surface area contributed by atoms with Crippen LogP contribution in [-0.2, 0) is 0 Å². The highest BCUT2D eigenvalue weighted by atomic mass is 16.5. The lowest BCUT2D eigenvalue weighted by Crippen LogP contribution is -2.44. The average Bonchev–Trinajstić information content (AvgIpc) is 3.18. The van der Waals surface area contributed by atoms with Crippen LogP contribution in [0.5, 0.6) is 0 Å². The second kappa shape index (κ2) is 6.43. The summed E-state index contributed by atoms with van der Waals surface area (Å²) in [6.07, 6.45) is 0. The fraction of sp³-hybridized carbons (Fsp3) is 0.500. The molecule has 4 rings (SSSR count). The minimum Gasteiger partial charge on any atom is -0.457 e. The van der Waals surface area contributed by atoms with E-state index in [1.165, 1.54) is 0 Å². The number of piperazine rings is 1. The minimum atomic E-state index is 0.338. The van der Waals surface area contributed by atoms with Gasteiger partial charge < -0.3 is 18.7 Å². The van der Waals surface area contributed by atoms with Crippen LogP contribution in [-0.4, -0.2) is 48.3 Å². The van der Waals surface area contributed by atoms with Crippen LogP contribution < -0.4 is 4.90 Å². The van der Waals surface area contributed by atoms with Gasteiger partial charge in [0.05, 0.1) is 17.0 Å². The van der Waals surface area contributed by atoms with Crippen molar-refractivity contribution in [2.45, 2.75) is 33.6 Å². The number of aromatic nitrogens is 2. The summed E-state index contributed by atoms with van der Waals surface area (Å²) in [4.78, 5) is 9.67. The number of hydrogen-bond donors (Lipinski definition) is 0. The summed E-state index contributed by atoms with van der Waals surface area (Å²) >= 11 is 0. The lowest BCUT2D eigenvalue weighted by Gasteiger charge is -2.33. The Hall–Kier alpha value is -2.34. The van der Waals surface area contributed by atoms with Gasteiger partial charge in [0.1, 0.15) is 11.5 Å². The summed E-state index contributed by atoms with van der Waals surface area (Å²) in [5.74, 6) is 3.06. The molecule has 1 fully saturated rings. The Kier molecular flexibility index (Phi) is 4.23. The number of fused-ring (bicyclic) bond motifs is 1. The third-order valence-corrected chi connectivity index (χ3v) is 5.16. The second-order valence-corrected chi connectivity index (χ2v) is 7.54. The fourth-order valence-electron chi connectivity index (χ4n) is 3.55. The average molecular weight is 354 g/mol.